The van der Waals surface area contributed by atoms with E-state index in [0.29, 0.717) is 28.2 Å². The molecule has 0 aliphatic carbocycles. The fourth-order valence-electron chi connectivity index (χ4n) is 10.4. The third-order valence-electron chi connectivity index (χ3n) is 13.9. The maximum absolute atomic E-state index is 9.09. The minimum Gasteiger partial charge on any atom is -0.510 e. The number of aromatic nitrogens is 4. The SMILES string of the molecule is [2H]c1c([2H])c([2H])c(-c2cccc(-c3c([2H])c([2H])c([2H])c([2H])c3[2H])c2-[n+]2[c-]n(-c3[c-]c(Oc4[c-]c5c(cc4)c4cc(-c6ccccc6B(c6ccccc6)c6ccccc6)ccc4n5-c4cc(C(C)(C)C)ccn4)ccc3)c3ccccc32)c([2H])c1[2H].[Pt]. The number of para-hydroxylation sites is 3. The Morgan fingerprint density at radius 2 is 1.17 bits per heavy atom. The summed E-state index contributed by atoms with van der Waals surface area (Å²) in [5.74, 6) is 1.48. The molecule has 13 rings (SSSR count). The number of pyridine rings is 1. The van der Waals surface area contributed by atoms with Gasteiger partial charge in [0.15, 0.2) is 0 Å². The van der Waals surface area contributed by atoms with Gasteiger partial charge in [-0.3, -0.25) is 4.57 Å². The van der Waals surface area contributed by atoms with E-state index in [-0.39, 0.29) is 61.1 Å². The van der Waals surface area contributed by atoms with Gasteiger partial charge in [-0.2, -0.15) is 18.2 Å². The molecule has 0 saturated heterocycles. The zero-order valence-electron chi connectivity index (χ0n) is 52.1. The van der Waals surface area contributed by atoms with E-state index in [9.17, 15) is 0 Å². The van der Waals surface area contributed by atoms with Gasteiger partial charge in [-0.25, -0.2) is 4.98 Å². The van der Waals surface area contributed by atoms with Crippen LogP contribution < -0.4 is 25.7 Å². The van der Waals surface area contributed by atoms with Crippen molar-refractivity contribution in [3.05, 3.63) is 279 Å². The number of fused-ring (bicyclic) bond motifs is 4. The molecule has 0 aliphatic rings. The molecule has 372 valence electrons. The number of benzene rings is 10. The number of nitrogens with zero attached hydrogens (tertiary/aromatic N) is 4. The van der Waals surface area contributed by atoms with Gasteiger partial charge in [-0.15, -0.1) is 29.7 Å². The molecular formula is C70H51BN4OPt-2. The van der Waals surface area contributed by atoms with Crippen LogP contribution in [0.1, 0.15) is 40.0 Å². The Hall–Kier alpha value is -8.83. The van der Waals surface area contributed by atoms with Crippen molar-refractivity contribution in [1.29, 1.82) is 0 Å². The molecule has 3 aromatic heterocycles. The van der Waals surface area contributed by atoms with Crippen molar-refractivity contribution in [1.82, 2.24) is 14.1 Å². The summed E-state index contributed by atoms with van der Waals surface area (Å²) in [5, 5.41) is 1.95. The van der Waals surface area contributed by atoms with Gasteiger partial charge in [0.25, 0.3) is 6.33 Å². The third kappa shape index (κ3) is 9.30. The molecule has 0 unspecified atom stereocenters. The summed E-state index contributed by atoms with van der Waals surface area (Å²) in [6.07, 6.45) is 5.29. The Morgan fingerprint density at radius 1 is 0.545 bits per heavy atom. The molecule has 0 bridgehead atoms. The fourth-order valence-corrected chi connectivity index (χ4v) is 10.4. The Labute approximate surface area is 478 Å². The summed E-state index contributed by atoms with van der Waals surface area (Å²) in [6.45, 7) is 6.53. The minimum absolute atomic E-state index is 0. The van der Waals surface area contributed by atoms with Crippen molar-refractivity contribution in [3.63, 3.8) is 0 Å². The first-order chi connectivity index (χ1) is 41.5. The maximum Gasteiger partial charge on any atom is 0.268 e. The van der Waals surface area contributed by atoms with Crippen LogP contribution in [0.5, 0.6) is 11.5 Å². The third-order valence-corrected chi connectivity index (χ3v) is 13.9. The summed E-state index contributed by atoms with van der Waals surface area (Å²) in [5.41, 5.74) is 10.2. The summed E-state index contributed by atoms with van der Waals surface area (Å²) >= 11 is 0. The van der Waals surface area contributed by atoms with Gasteiger partial charge in [0, 0.05) is 44.3 Å². The fraction of sp³-hybridized carbons (Fsp3) is 0.0571. The average molecular weight is 1180 g/mol. The van der Waals surface area contributed by atoms with Gasteiger partial charge in [0.05, 0.1) is 30.4 Å². The number of hydrogen-bond acceptors (Lipinski definition) is 2. The molecule has 77 heavy (non-hydrogen) atoms. The molecular weight excluding hydrogens is 1120 g/mol. The summed E-state index contributed by atoms with van der Waals surface area (Å²) in [4.78, 5) is 4.97. The number of rotatable bonds is 11. The van der Waals surface area contributed by atoms with Crippen LogP contribution in [-0.4, -0.2) is 20.8 Å². The van der Waals surface area contributed by atoms with Gasteiger partial charge < -0.3 is 13.9 Å². The first-order valence-corrected chi connectivity index (χ1v) is 25.1. The Morgan fingerprint density at radius 3 is 1.87 bits per heavy atom. The van der Waals surface area contributed by atoms with Crippen LogP contribution in [0.25, 0.3) is 83.4 Å². The largest absolute Gasteiger partial charge is 0.510 e. The Bertz CT molecular complexity index is 4690. The first kappa shape index (κ1) is 38.7. The van der Waals surface area contributed by atoms with Crippen LogP contribution in [0.15, 0.2) is 255 Å². The molecule has 5 nitrogen and oxygen atoms in total. The molecule has 7 heteroatoms. The molecule has 0 N–H and O–H groups in total. The smallest absolute Gasteiger partial charge is 0.268 e. The van der Waals surface area contributed by atoms with Crippen LogP contribution in [-0.2, 0) is 26.5 Å². The van der Waals surface area contributed by atoms with Gasteiger partial charge in [-0.1, -0.05) is 243 Å². The molecule has 0 saturated carbocycles. The quantitative estimate of drug-likeness (QED) is 0.0735. The van der Waals surface area contributed by atoms with Crippen LogP contribution in [0, 0.1) is 18.5 Å². The number of ether oxygens (including phenoxy) is 1. The molecule has 0 spiro atoms. The molecule has 13 aromatic rings. The average Bonchev–Trinajstić information content (AvgIpc) is 1.93. The topological polar surface area (TPSA) is 35.9 Å². The molecule has 0 aliphatic heterocycles. The van der Waals surface area contributed by atoms with Crippen LogP contribution in [0.4, 0.5) is 0 Å². The second-order valence-corrected chi connectivity index (χ2v) is 19.6. The van der Waals surface area contributed by atoms with Crippen molar-refractivity contribution in [3.8, 4) is 62.1 Å². The van der Waals surface area contributed by atoms with E-state index in [4.69, 9.17) is 23.4 Å². The van der Waals surface area contributed by atoms with Gasteiger partial charge in [0.1, 0.15) is 5.82 Å². The second-order valence-electron chi connectivity index (χ2n) is 19.6. The van der Waals surface area contributed by atoms with E-state index in [2.05, 4.69) is 153 Å². The van der Waals surface area contributed by atoms with Crippen molar-refractivity contribution < 1.29 is 44.1 Å². The van der Waals surface area contributed by atoms with Crippen molar-refractivity contribution in [2.24, 2.45) is 0 Å². The van der Waals surface area contributed by atoms with E-state index in [1.165, 1.54) is 16.4 Å². The molecule has 3 heterocycles. The van der Waals surface area contributed by atoms with Crippen molar-refractivity contribution in [2.75, 3.05) is 0 Å². The van der Waals surface area contributed by atoms with Crippen molar-refractivity contribution >= 4 is 55.9 Å². The van der Waals surface area contributed by atoms with Gasteiger partial charge >= 0.3 is 0 Å². The predicted molar refractivity (Wildman–Crippen MR) is 313 cm³/mol. The van der Waals surface area contributed by atoms with E-state index in [1.807, 2.05) is 60.8 Å². The standard InChI is InChI=1S/C70H51BN4O.Pt/c1-70(2,3)52-42-43-72-68(45-52)75-64-41-38-51(58-32-16-17-35-63(58)71(53-26-12-6-13-27-53)54-28-14-7-15-29-54)44-62(64)61-40-39-57(47-67(61)75)76-56-31-20-30-55(46-56)73-48-74(66-37-19-18-36-65(66)73)69-59(49-22-8-4-9-23-49)33-21-34-60(69)50-24-10-5-11-25-50;/h4-45H,1-3H3;/q-2;/i4D,5D,8D,9D,10D,11D,22D,23D,24D,25D;. The zero-order chi connectivity index (χ0) is 59.9. The van der Waals surface area contributed by atoms with E-state index in [0.717, 1.165) is 44.3 Å². The summed E-state index contributed by atoms with van der Waals surface area (Å²) in [6, 6.07) is 63.9. The summed E-state index contributed by atoms with van der Waals surface area (Å²) in [7, 11) is 0. The second kappa shape index (κ2) is 20.7. The molecule has 10 aromatic carbocycles. The van der Waals surface area contributed by atoms with Crippen LogP contribution in [0.2, 0.25) is 0 Å². The summed E-state index contributed by atoms with van der Waals surface area (Å²) < 4.78 is 100.0. The molecule has 0 atom stereocenters. The molecule has 0 fully saturated rings. The number of imidazole rings is 1. The van der Waals surface area contributed by atoms with Crippen molar-refractivity contribution in [2.45, 2.75) is 26.2 Å². The van der Waals surface area contributed by atoms with Crippen LogP contribution >= 0.6 is 0 Å². The maximum atomic E-state index is 9.09. The Balaban J connectivity index is 0.00000739. The predicted octanol–water partition coefficient (Wildman–Crippen LogP) is 14.4. The van der Waals surface area contributed by atoms with Gasteiger partial charge in [-0.05, 0) is 73.6 Å². The Kier molecular flexibility index (Phi) is 10.4. The van der Waals surface area contributed by atoms with E-state index >= 15 is 0 Å². The molecule has 0 radical (unpaired) electrons. The monoisotopic (exact) mass is 1180 g/mol. The number of hydrogen-bond donors (Lipinski definition) is 0. The van der Waals surface area contributed by atoms with E-state index < -0.39 is 60.4 Å². The molecule has 0 amide bonds. The van der Waals surface area contributed by atoms with Gasteiger partial charge in [0.2, 0.25) is 6.71 Å². The first-order valence-electron chi connectivity index (χ1n) is 30.1. The van der Waals surface area contributed by atoms with E-state index in [1.54, 1.807) is 33.4 Å². The normalized spacial score (nSPS) is 13.3. The minimum atomic E-state index is -0.577. The van der Waals surface area contributed by atoms with Crippen LogP contribution in [0.3, 0.4) is 0 Å². The zero-order valence-corrected chi connectivity index (χ0v) is 44.3.